The Morgan fingerprint density at radius 1 is 0.968 bits per heavy atom. The van der Waals surface area contributed by atoms with Crippen LogP contribution in [0.25, 0.3) is 6.08 Å². The molecule has 0 bridgehead atoms. The molecule has 0 aromatic carbocycles. The molecule has 162 valence electrons. The van der Waals surface area contributed by atoms with Crippen molar-refractivity contribution in [2.45, 2.75) is 62.0 Å². The van der Waals surface area contributed by atoms with E-state index in [1.807, 2.05) is 48.6 Å². The van der Waals surface area contributed by atoms with Crippen LogP contribution in [0, 0.1) is 0 Å². The largest absolute Gasteiger partial charge is 0.493 e. The van der Waals surface area contributed by atoms with Crippen LogP contribution in [0.3, 0.4) is 0 Å². The first-order valence-electron chi connectivity index (χ1n) is 10.9. The maximum absolute atomic E-state index is 13.5. The molecule has 5 rings (SSSR count). The molecule has 3 aliphatic carbocycles. The van der Waals surface area contributed by atoms with Gasteiger partial charge in [0.05, 0.1) is 17.0 Å². The molecule has 6 nitrogen and oxygen atoms in total. The first kappa shape index (κ1) is 20.2. The summed E-state index contributed by atoms with van der Waals surface area (Å²) in [5.74, 6) is -0.505. The minimum absolute atomic E-state index is 0.108. The predicted molar refractivity (Wildman–Crippen MR) is 122 cm³/mol. The number of ether oxygens (including phenoxy) is 1. The van der Waals surface area contributed by atoms with Crippen LogP contribution >= 0.6 is 11.8 Å². The Morgan fingerprint density at radius 2 is 1.61 bits per heavy atom. The Kier molecular flexibility index (Phi) is 5.30. The summed E-state index contributed by atoms with van der Waals surface area (Å²) in [6, 6.07) is -0.361. The predicted octanol–water partition coefficient (Wildman–Crippen LogP) is 4.76. The van der Waals surface area contributed by atoms with E-state index in [0.717, 1.165) is 32.1 Å². The first-order valence-corrected chi connectivity index (χ1v) is 11.8. The average Bonchev–Trinajstić information content (AvgIpc) is 3.23. The average molecular weight is 439 g/mol. The molecule has 2 unspecified atom stereocenters. The molecular formula is C24H26N2O4S. The zero-order valence-electron chi connectivity index (χ0n) is 17.3. The van der Waals surface area contributed by atoms with Crippen molar-refractivity contribution >= 4 is 23.8 Å². The van der Waals surface area contributed by atoms with Gasteiger partial charge in [-0.2, -0.15) is 0 Å². The van der Waals surface area contributed by atoms with Crippen molar-refractivity contribution in [1.29, 1.82) is 0 Å². The van der Waals surface area contributed by atoms with E-state index in [0.29, 0.717) is 17.7 Å². The van der Waals surface area contributed by atoms with Crippen molar-refractivity contribution in [2.24, 2.45) is 0 Å². The van der Waals surface area contributed by atoms with Gasteiger partial charge >= 0.3 is 5.97 Å². The SMILES string of the molecule is O=C1OC2(CCCCC2)SC1=Cc1c(O)n(C2C=CC=CC2)n(C2C=CC=CC2)c1=O. The number of nitrogens with zero attached hydrogens (tertiary/aromatic N) is 2. The molecule has 2 atom stereocenters. The fourth-order valence-corrected chi connectivity index (χ4v) is 6.10. The number of aromatic hydroxyl groups is 1. The van der Waals surface area contributed by atoms with Gasteiger partial charge in [0.15, 0.2) is 4.93 Å². The molecule has 31 heavy (non-hydrogen) atoms. The minimum atomic E-state index is -0.508. The van der Waals surface area contributed by atoms with Gasteiger partial charge in [-0.15, -0.1) is 0 Å². The highest BCUT2D eigenvalue weighted by Gasteiger charge is 2.45. The third kappa shape index (κ3) is 3.65. The topological polar surface area (TPSA) is 73.5 Å². The molecule has 1 saturated heterocycles. The number of hydrogen-bond donors (Lipinski definition) is 1. The fraction of sp³-hybridized carbons (Fsp3) is 0.417. The number of esters is 1. The molecule has 1 saturated carbocycles. The summed E-state index contributed by atoms with van der Waals surface area (Å²) in [6.07, 6.45) is 23.5. The number of thioether (sulfide) groups is 1. The molecule has 4 aliphatic rings. The van der Waals surface area contributed by atoms with Gasteiger partial charge in [-0.3, -0.25) is 4.79 Å². The van der Waals surface area contributed by atoms with Gasteiger partial charge in [0, 0.05) is 0 Å². The van der Waals surface area contributed by atoms with Crippen molar-refractivity contribution in [2.75, 3.05) is 0 Å². The van der Waals surface area contributed by atoms with E-state index in [1.165, 1.54) is 17.8 Å². The zero-order valence-corrected chi connectivity index (χ0v) is 18.1. The molecular weight excluding hydrogens is 412 g/mol. The lowest BCUT2D eigenvalue weighted by molar-refractivity contribution is -0.145. The van der Waals surface area contributed by atoms with Crippen LogP contribution in [0.5, 0.6) is 5.88 Å². The quantitative estimate of drug-likeness (QED) is 0.544. The van der Waals surface area contributed by atoms with Gasteiger partial charge in [-0.05, 0) is 44.6 Å². The highest BCUT2D eigenvalue weighted by atomic mass is 32.2. The molecule has 2 fully saturated rings. The Hall–Kier alpha value is -2.67. The number of rotatable bonds is 3. The van der Waals surface area contributed by atoms with Crippen LogP contribution in [0.2, 0.25) is 0 Å². The maximum atomic E-state index is 13.5. The van der Waals surface area contributed by atoms with Gasteiger partial charge in [0.1, 0.15) is 5.56 Å². The molecule has 1 spiro atoms. The summed E-state index contributed by atoms with van der Waals surface area (Å²) in [7, 11) is 0. The lowest BCUT2D eigenvalue weighted by atomic mass is 9.97. The molecule has 0 radical (unpaired) electrons. The molecule has 1 aromatic rings. The molecule has 1 aromatic heterocycles. The van der Waals surface area contributed by atoms with Gasteiger partial charge in [0.2, 0.25) is 5.88 Å². The third-order valence-electron chi connectivity index (χ3n) is 6.34. The maximum Gasteiger partial charge on any atom is 0.346 e. The number of carbonyl (C=O) groups is 1. The summed E-state index contributed by atoms with van der Waals surface area (Å²) < 4.78 is 9.04. The van der Waals surface area contributed by atoms with Gasteiger partial charge in [-0.25, -0.2) is 14.2 Å². The second kappa shape index (κ2) is 8.11. The van der Waals surface area contributed by atoms with E-state index < -0.39 is 10.9 Å². The second-order valence-electron chi connectivity index (χ2n) is 8.44. The zero-order chi connectivity index (χ0) is 21.4. The third-order valence-corrected chi connectivity index (χ3v) is 7.71. The summed E-state index contributed by atoms with van der Waals surface area (Å²) in [5.41, 5.74) is -0.144. The molecule has 1 aliphatic heterocycles. The van der Waals surface area contributed by atoms with E-state index in [-0.39, 0.29) is 29.1 Å². The van der Waals surface area contributed by atoms with E-state index >= 15 is 0 Å². The number of hydrogen-bond acceptors (Lipinski definition) is 5. The van der Waals surface area contributed by atoms with Gasteiger partial charge in [0.25, 0.3) is 5.56 Å². The second-order valence-corrected chi connectivity index (χ2v) is 9.82. The normalized spacial score (nSPS) is 28.0. The molecule has 0 amide bonds. The number of aromatic nitrogens is 2. The van der Waals surface area contributed by atoms with Gasteiger partial charge in [-0.1, -0.05) is 66.8 Å². The minimum Gasteiger partial charge on any atom is -0.493 e. The Labute approximate surface area is 185 Å². The van der Waals surface area contributed by atoms with E-state index in [2.05, 4.69) is 0 Å². The highest BCUT2D eigenvalue weighted by molar-refractivity contribution is 8.05. The van der Waals surface area contributed by atoms with E-state index in [1.54, 1.807) is 9.36 Å². The number of allylic oxidation sites excluding steroid dienone is 8. The Bertz CT molecular complexity index is 1100. The van der Waals surface area contributed by atoms with Gasteiger partial charge < -0.3 is 9.84 Å². The van der Waals surface area contributed by atoms with Crippen molar-refractivity contribution in [3.63, 3.8) is 0 Å². The van der Waals surface area contributed by atoms with Crippen LogP contribution in [0.4, 0.5) is 0 Å². The first-order chi connectivity index (χ1) is 15.1. The van der Waals surface area contributed by atoms with E-state index in [4.69, 9.17) is 4.74 Å². The summed E-state index contributed by atoms with van der Waals surface area (Å²) in [4.78, 5) is 26.0. The molecule has 7 heteroatoms. The Balaban J connectivity index is 1.58. The van der Waals surface area contributed by atoms with E-state index in [9.17, 15) is 14.7 Å². The van der Waals surface area contributed by atoms with Crippen LogP contribution < -0.4 is 5.56 Å². The van der Waals surface area contributed by atoms with Crippen molar-refractivity contribution < 1.29 is 14.6 Å². The summed E-state index contributed by atoms with van der Waals surface area (Å²) in [5, 5.41) is 11.2. The van der Waals surface area contributed by atoms with Crippen molar-refractivity contribution in [3.8, 4) is 5.88 Å². The lowest BCUT2D eigenvalue weighted by Crippen LogP contribution is -2.29. The monoisotopic (exact) mass is 438 g/mol. The van der Waals surface area contributed by atoms with Crippen molar-refractivity contribution in [1.82, 2.24) is 9.36 Å². The van der Waals surface area contributed by atoms with Crippen LogP contribution in [0.15, 0.2) is 58.3 Å². The highest BCUT2D eigenvalue weighted by Crippen LogP contribution is 2.50. The number of carbonyl (C=O) groups excluding carboxylic acids is 1. The standard InChI is InChI=1S/C24H26N2O4S/c27-21-19(16-20-23(29)30-24(31-20)14-8-3-9-15-24)22(28)26(18-12-6-2-7-13-18)25(21)17-10-4-1-5-11-17/h1-2,4-7,10,12,16-18,27H,3,8-9,11,13-15H2. The smallest absolute Gasteiger partial charge is 0.346 e. The van der Waals surface area contributed by atoms with Crippen LogP contribution in [0.1, 0.15) is 62.6 Å². The summed E-state index contributed by atoms with van der Waals surface area (Å²) >= 11 is 1.41. The van der Waals surface area contributed by atoms with Crippen molar-refractivity contribution in [3.05, 3.63) is 69.4 Å². The van der Waals surface area contributed by atoms with Crippen LogP contribution in [-0.2, 0) is 9.53 Å². The van der Waals surface area contributed by atoms with Crippen LogP contribution in [-0.4, -0.2) is 25.4 Å². The fourth-order valence-electron chi connectivity index (χ4n) is 4.79. The summed E-state index contributed by atoms with van der Waals surface area (Å²) in [6.45, 7) is 0. The Morgan fingerprint density at radius 3 is 2.23 bits per heavy atom. The molecule has 2 heterocycles. The lowest BCUT2D eigenvalue weighted by Gasteiger charge is -2.29. The molecule has 1 N–H and O–H groups in total.